The first kappa shape index (κ1) is 19.5. The number of fused-ring (bicyclic) bond motifs is 1. The summed E-state index contributed by atoms with van der Waals surface area (Å²) in [5.74, 6) is -0.124. The number of carbonyl (C=O) groups is 1. The van der Waals surface area contributed by atoms with Gasteiger partial charge in [-0.25, -0.2) is 4.98 Å². The van der Waals surface area contributed by atoms with Gasteiger partial charge in [0.15, 0.2) is 10.8 Å². The van der Waals surface area contributed by atoms with Gasteiger partial charge in [0.1, 0.15) is 0 Å². The van der Waals surface area contributed by atoms with Gasteiger partial charge < -0.3 is 15.1 Å². The average Bonchev–Trinajstić information content (AvgIpc) is 3.24. The summed E-state index contributed by atoms with van der Waals surface area (Å²) in [6.45, 7) is 4.65. The number of carbonyl (C=O) groups excluding carboxylic acids is 1. The molecular formula is C23H27N5OS. The third kappa shape index (κ3) is 4.18. The van der Waals surface area contributed by atoms with Crippen molar-refractivity contribution in [2.75, 3.05) is 36.4 Å². The molecule has 1 aromatic carbocycles. The number of thiazole rings is 1. The molecule has 0 saturated carbocycles. The number of aromatic nitrogens is 2. The van der Waals surface area contributed by atoms with Crippen LogP contribution in [0.15, 0.2) is 42.6 Å². The minimum absolute atomic E-state index is 0.124. The zero-order valence-electron chi connectivity index (χ0n) is 17.1. The Bertz CT molecular complexity index is 1010. The van der Waals surface area contributed by atoms with Gasteiger partial charge in [0, 0.05) is 24.7 Å². The fourth-order valence-corrected chi connectivity index (χ4v) is 5.53. The third-order valence-corrected chi connectivity index (χ3v) is 7.22. The van der Waals surface area contributed by atoms with E-state index in [2.05, 4.69) is 20.1 Å². The molecule has 2 saturated heterocycles. The van der Waals surface area contributed by atoms with Gasteiger partial charge in [0.25, 0.3) is 5.91 Å². The Morgan fingerprint density at radius 2 is 1.80 bits per heavy atom. The van der Waals surface area contributed by atoms with Gasteiger partial charge in [-0.1, -0.05) is 36.0 Å². The van der Waals surface area contributed by atoms with Crippen molar-refractivity contribution < 1.29 is 4.79 Å². The molecule has 0 spiro atoms. The zero-order valence-corrected chi connectivity index (χ0v) is 17.9. The number of likely N-dealkylation sites (tertiary alicyclic amines) is 1. The van der Waals surface area contributed by atoms with E-state index in [0.29, 0.717) is 11.3 Å². The molecule has 1 N–H and O–H groups in total. The Morgan fingerprint density at radius 1 is 1.03 bits per heavy atom. The monoisotopic (exact) mass is 421 g/mol. The lowest BCUT2D eigenvalue weighted by Gasteiger charge is -2.40. The lowest BCUT2D eigenvalue weighted by atomic mass is 10.0. The molecule has 156 valence electrons. The molecule has 7 heteroatoms. The summed E-state index contributed by atoms with van der Waals surface area (Å²) < 4.78 is 1.01. The van der Waals surface area contributed by atoms with E-state index in [4.69, 9.17) is 4.98 Å². The molecule has 1 amide bonds. The highest BCUT2D eigenvalue weighted by atomic mass is 32.1. The number of nitrogens with one attached hydrogen (secondary N) is 1. The number of rotatable bonds is 4. The van der Waals surface area contributed by atoms with Crippen LogP contribution < -0.4 is 10.2 Å². The number of pyridine rings is 1. The highest BCUT2D eigenvalue weighted by Crippen LogP contribution is 2.32. The molecule has 0 aliphatic carbocycles. The normalized spacial score (nSPS) is 18.6. The van der Waals surface area contributed by atoms with E-state index < -0.39 is 0 Å². The van der Waals surface area contributed by atoms with E-state index in [1.807, 2.05) is 24.3 Å². The maximum absolute atomic E-state index is 12.4. The number of amides is 1. The SMILES string of the molecule is O=C(Nc1cnc2nc(N3CCC(N4CCCCC4)CC3)sc2c1)c1ccccc1. The van der Waals surface area contributed by atoms with E-state index in [0.717, 1.165) is 34.6 Å². The lowest BCUT2D eigenvalue weighted by molar-refractivity contribution is 0.102. The molecule has 6 nitrogen and oxygen atoms in total. The topological polar surface area (TPSA) is 61.4 Å². The Morgan fingerprint density at radius 3 is 2.57 bits per heavy atom. The summed E-state index contributed by atoms with van der Waals surface area (Å²) in [5.41, 5.74) is 2.10. The third-order valence-electron chi connectivity index (χ3n) is 6.17. The van der Waals surface area contributed by atoms with Gasteiger partial charge in [-0.15, -0.1) is 0 Å². The molecular weight excluding hydrogens is 394 g/mol. The van der Waals surface area contributed by atoms with Gasteiger partial charge in [0.2, 0.25) is 0 Å². The Balaban J connectivity index is 1.25. The van der Waals surface area contributed by atoms with E-state index in [1.54, 1.807) is 29.7 Å². The molecule has 5 rings (SSSR count). The maximum Gasteiger partial charge on any atom is 0.255 e. The number of hydrogen-bond donors (Lipinski definition) is 1. The van der Waals surface area contributed by atoms with Crippen molar-refractivity contribution in [2.45, 2.75) is 38.1 Å². The summed E-state index contributed by atoms with van der Waals surface area (Å²) in [6.07, 6.45) is 8.21. The lowest BCUT2D eigenvalue weighted by Crippen LogP contribution is -2.46. The fourth-order valence-electron chi connectivity index (χ4n) is 4.51. The second-order valence-corrected chi connectivity index (χ2v) is 9.19. The molecule has 4 heterocycles. The summed E-state index contributed by atoms with van der Waals surface area (Å²) in [6, 6.07) is 11.9. The van der Waals surface area contributed by atoms with Crippen LogP contribution in [0.5, 0.6) is 0 Å². The minimum Gasteiger partial charge on any atom is -0.348 e. The van der Waals surface area contributed by atoms with Crippen molar-refractivity contribution >= 4 is 38.4 Å². The van der Waals surface area contributed by atoms with E-state index in [-0.39, 0.29) is 5.91 Å². The molecule has 30 heavy (non-hydrogen) atoms. The zero-order chi connectivity index (χ0) is 20.3. The van der Waals surface area contributed by atoms with Gasteiger partial charge in [-0.05, 0) is 57.0 Å². The first-order valence-electron chi connectivity index (χ1n) is 10.9. The van der Waals surface area contributed by atoms with Gasteiger partial charge in [0.05, 0.1) is 16.6 Å². The van der Waals surface area contributed by atoms with Crippen LogP contribution in [0.1, 0.15) is 42.5 Å². The van der Waals surface area contributed by atoms with Crippen molar-refractivity contribution in [3.8, 4) is 0 Å². The van der Waals surface area contributed by atoms with Crippen LogP contribution in [0.25, 0.3) is 10.3 Å². The Labute approximate surface area is 180 Å². The van der Waals surface area contributed by atoms with E-state index >= 15 is 0 Å². The number of nitrogens with zero attached hydrogens (tertiary/aromatic N) is 4. The number of piperidine rings is 2. The molecule has 2 aliphatic heterocycles. The molecule has 2 aliphatic rings. The molecule has 0 unspecified atom stereocenters. The maximum atomic E-state index is 12.4. The second-order valence-electron chi connectivity index (χ2n) is 8.18. The largest absolute Gasteiger partial charge is 0.348 e. The Kier molecular flexibility index (Phi) is 5.64. The van der Waals surface area contributed by atoms with Gasteiger partial charge >= 0.3 is 0 Å². The van der Waals surface area contributed by atoms with Gasteiger partial charge in [-0.2, -0.15) is 4.98 Å². The highest BCUT2D eigenvalue weighted by molar-refractivity contribution is 7.22. The fraction of sp³-hybridized carbons (Fsp3) is 0.435. The first-order valence-corrected chi connectivity index (χ1v) is 11.7. The summed E-state index contributed by atoms with van der Waals surface area (Å²) in [7, 11) is 0. The van der Waals surface area contributed by atoms with Crippen molar-refractivity contribution in [3.63, 3.8) is 0 Å². The number of anilines is 2. The van der Waals surface area contributed by atoms with Crippen molar-refractivity contribution in [1.29, 1.82) is 0 Å². The molecule has 0 bridgehead atoms. The van der Waals surface area contributed by atoms with Crippen LogP contribution in [0, 0.1) is 0 Å². The predicted molar refractivity (Wildman–Crippen MR) is 122 cm³/mol. The van der Waals surface area contributed by atoms with Crippen LogP contribution in [-0.2, 0) is 0 Å². The van der Waals surface area contributed by atoms with Crippen LogP contribution >= 0.6 is 11.3 Å². The Hall–Kier alpha value is -2.51. The van der Waals surface area contributed by atoms with Crippen LogP contribution in [-0.4, -0.2) is 53.0 Å². The smallest absolute Gasteiger partial charge is 0.255 e. The van der Waals surface area contributed by atoms with E-state index in [1.165, 1.54) is 45.2 Å². The summed E-state index contributed by atoms with van der Waals surface area (Å²) in [5, 5.41) is 3.98. The number of hydrogen-bond acceptors (Lipinski definition) is 6. The molecule has 3 aromatic rings. The highest BCUT2D eigenvalue weighted by Gasteiger charge is 2.27. The number of benzene rings is 1. The molecule has 2 fully saturated rings. The van der Waals surface area contributed by atoms with Crippen molar-refractivity contribution in [2.24, 2.45) is 0 Å². The summed E-state index contributed by atoms with van der Waals surface area (Å²) >= 11 is 1.67. The predicted octanol–water partition coefficient (Wildman–Crippen LogP) is 4.40. The minimum atomic E-state index is -0.124. The van der Waals surface area contributed by atoms with E-state index in [9.17, 15) is 4.79 Å². The van der Waals surface area contributed by atoms with Crippen LogP contribution in [0.4, 0.5) is 10.8 Å². The van der Waals surface area contributed by atoms with Crippen LogP contribution in [0.3, 0.4) is 0 Å². The quantitative estimate of drug-likeness (QED) is 0.677. The molecule has 0 radical (unpaired) electrons. The van der Waals surface area contributed by atoms with Gasteiger partial charge in [-0.3, -0.25) is 4.79 Å². The standard InChI is InChI=1S/C23H27N5OS/c29-22(17-7-3-1-4-8-17)25-18-15-20-21(24-16-18)26-23(30-20)28-13-9-19(10-14-28)27-11-5-2-6-12-27/h1,3-4,7-8,15-16,19H,2,5-6,9-14H2,(H,25,29). The summed E-state index contributed by atoms with van der Waals surface area (Å²) in [4.78, 5) is 26.7. The second kappa shape index (κ2) is 8.70. The van der Waals surface area contributed by atoms with Crippen molar-refractivity contribution in [1.82, 2.24) is 14.9 Å². The molecule has 2 aromatic heterocycles. The first-order chi connectivity index (χ1) is 14.8. The average molecular weight is 422 g/mol. The van der Waals surface area contributed by atoms with Crippen molar-refractivity contribution in [3.05, 3.63) is 48.2 Å². The van der Waals surface area contributed by atoms with Crippen LogP contribution in [0.2, 0.25) is 0 Å². The molecule has 0 atom stereocenters.